The first kappa shape index (κ1) is 48.1. The summed E-state index contributed by atoms with van der Waals surface area (Å²) in [5.41, 5.74) is -5.23. The van der Waals surface area contributed by atoms with Crippen LogP contribution in [0, 0.1) is 0 Å². The molecule has 4 aromatic rings. The van der Waals surface area contributed by atoms with Gasteiger partial charge >= 0.3 is 5.51 Å². The highest BCUT2D eigenvalue weighted by molar-refractivity contribution is 7.99. The average Bonchev–Trinajstić information content (AvgIpc) is 3.54. The van der Waals surface area contributed by atoms with Crippen molar-refractivity contribution < 1.29 is 54.0 Å². The minimum absolute atomic E-state index is 0.0294. The molecule has 7 rings (SSSR count). The van der Waals surface area contributed by atoms with Crippen molar-refractivity contribution in [3.05, 3.63) is 114 Å². The first-order valence-corrected chi connectivity index (χ1v) is 24.9. The molecule has 66 heavy (non-hydrogen) atoms. The molecule has 0 aliphatic carbocycles. The van der Waals surface area contributed by atoms with Crippen LogP contribution in [0.3, 0.4) is 0 Å². The van der Waals surface area contributed by atoms with Crippen molar-refractivity contribution in [1.29, 1.82) is 0 Å². The zero-order valence-corrected chi connectivity index (χ0v) is 37.7. The fourth-order valence-corrected chi connectivity index (χ4v) is 10.8. The monoisotopic (exact) mass is 969 g/mol. The number of carbonyl (C=O) groups is 5. The van der Waals surface area contributed by atoms with Crippen LogP contribution in [-0.4, -0.2) is 130 Å². The first-order chi connectivity index (χ1) is 31.4. The van der Waals surface area contributed by atoms with Crippen LogP contribution in [-0.2, 0) is 29.4 Å². The van der Waals surface area contributed by atoms with E-state index in [0.717, 1.165) is 48.0 Å². The minimum Gasteiger partial charge on any atom is -0.385 e. The van der Waals surface area contributed by atoms with Crippen LogP contribution in [0.5, 0.6) is 0 Å². The molecule has 0 spiro atoms. The summed E-state index contributed by atoms with van der Waals surface area (Å²) >= 11 is 1.42. The SMILES string of the molecule is O=C1CCC(N2C(=O)c3ccc(NCCCN4CCN(CC[C@H](CSc5ccccc5)Nc5ccc(S(=O)(=O)NC(=O)c6ccccc6)cc5S(=O)(=O)C(F)(F)F)CC4)cc3C2=O)C(=O)N1. The number of anilines is 2. The Hall–Kier alpha value is -5.81. The summed E-state index contributed by atoms with van der Waals surface area (Å²) in [6, 6.07) is 22.0. The molecule has 0 bridgehead atoms. The number of rotatable bonds is 18. The Balaban J connectivity index is 0.948. The smallest absolute Gasteiger partial charge is 0.385 e. The van der Waals surface area contributed by atoms with E-state index in [1.807, 2.05) is 30.3 Å². The molecule has 4 aromatic carbocycles. The summed E-state index contributed by atoms with van der Waals surface area (Å²) in [4.78, 5) is 67.0. The Kier molecular flexibility index (Phi) is 14.9. The van der Waals surface area contributed by atoms with Crippen LogP contribution < -0.4 is 20.7 Å². The third-order valence-corrected chi connectivity index (χ3v) is 15.4. The molecule has 2 atom stereocenters. The second-order valence-corrected chi connectivity index (χ2v) is 20.5. The lowest BCUT2D eigenvalue weighted by molar-refractivity contribution is -0.136. The van der Waals surface area contributed by atoms with Crippen LogP contribution in [0.15, 0.2) is 112 Å². The number of alkyl halides is 3. The molecule has 2 fully saturated rings. The molecule has 22 heteroatoms. The number of hydrogen-bond donors (Lipinski definition) is 4. The summed E-state index contributed by atoms with van der Waals surface area (Å²) in [5.74, 6) is -3.02. The summed E-state index contributed by atoms with van der Waals surface area (Å²) in [7, 11) is -10.9. The molecule has 4 N–H and O–H groups in total. The lowest BCUT2D eigenvalue weighted by atomic mass is 10.0. The van der Waals surface area contributed by atoms with Crippen LogP contribution >= 0.6 is 11.8 Å². The van der Waals surface area contributed by atoms with Gasteiger partial charge in [0.25, 0.3) is 37.6 Å². The Morgan fingerprint density at radius 2 is 1.45 bits per heavy atom. The van der Waals surface area contributed by atoms with E-state index in [-0.39, 0.29) is 29.5 Å². The fourth-order valence-electron chi connectivity index (χ4n) is 7.79. The molecular weight excluding hydrogens is 924 g/mol. The molecule has 3 aliphatic heterocycles. The van der Waals surface area contributed by atoms with E-state index in [9.17, 15) is 54.0 Å². The van der Waals surface area contributed by atoms with E-state index in [0.29, 0.717) is 50.1 Å². The quantitative estimate of drug-likeness (QED) is 0.0611. The minimum atomic E-state index is -6.08. The van der Waals surface area contributed by atoms with Gasteiger partial charge in [-0.15, -0.1) is 11.8 Å². The van der Waals surface area contributed by atoms with Gasteiger partial charge < -0.3 is 20.4 Å². The number of nitrogens with zero attached hydrogens (tertiary/aromatic N) is 3. The molecule has 16 nitrogen and oxygen atoms in total. The average molecular weight is 970 g/mol. The summed E-state index contributed by atoms with van der Waals surface area (Å²) in [5, 5.41) is 8.46. The van der Waals surface area contributed by atoms with Crippen LogP contribution in [0.1, 0.15) is 56.8 Å². The number of imide groups is 2. The number of nitrogens with one attached hydrogen (secondary N) is 4. The second kappa shape index (κ2) is 20.4. The number of piperazine rings is 1. The Bertz CT molecular complexity index is 2710. The molecule has 0 aromatic heterocycles. The van der Waals surface area contributed by atoms with E-state index < -0.39 is 82.5 Å². The van der Waals surface area contributed by atoms with Gasteiger partial charge in [-0.2, -0.15) is 13.2 Å². The number of piperidine rings is 1. The van der Waals surface area contributed by atoms with Crippen molar-refractivity contribution in [3.63, 3.8) is 0 Å². The van der Waals surface area contributed by atoms with Gasteiger partial charge in [0.15, 0.2) is 0 Å². The number of halogens is 3. The number of amides is 5. The van der Waals surface area contributed by atoms with Gasteiger partial charge in [-0.05, 0) is 86.5 Å². The van der Waals surface area contributed by atoms with Gasteiger partial charge in [0.1, 0.15) is 10.9 Å². The first-order valence-electron chi connectivity index (χ1n) is 21.0. The van der Waals surface area contributed by atoms with Crippen LogP contribution in [0.4, 0.5) is 24.5 Å². The Morgan fingerprint density at radius 1 is 0.803 bits per heavy atom. The molecule has 3 aliphatic rings. The standard InChI is InChI=1S/C44H46F3N7O9S3/c45-44(46,47)65(60,61)38-27-33(66(62,63)51-40(56)29-8-3-1-4-9-29)13-15-36(38)49-31(28-64-32-10-5-2-6-11-32)18-21-53-24-22-52(23-25-53)20-7-19-48-30-12-14-34-35(26-30)43(59)54(42(34)58)37-16-17-39(55)50-41(37)57/h1-6,8-15,26-27,31,37,48-49H,7,16-25,28H2,(H,51,56)(H,50,55,57)/t31-,37?/m1/s1. The van der Waals surface area contributed by atoms with Gasteiger partial charge in [0.05, 0.1) is 21.7 Å². The molecule has 350 valence electrons. The molecular formula is C44H46F3N7O9S3. The number of hydrogen-bond acceptors (Lipinski definition) is 14. The highest BCUT2D eigenvalue weighted by Crippen LogP contribution is 2.37. The normalized spacial score (nSPS) is 17.9. The van der Waals surface area contributed by atoms with Gasteiger partial charge in [-0.1, -0.05) is 36.4 Å². The summed E-state index contributed by atoms with van der Waals surface area (Å²) in [6.45, 7) is 4.66. The predicted molar refractivity (Wildman–Crippen MR) is 239 cm³/mol. The predicted octanol–water partition coefficient (Wildman–Crippen LogP) is 4.58. The van der Waals surface area contributed by atoms with Gasteiger partial charge in [0.2, 0.25) is 11.8 Å². The molecule has 5 amide bonds. The fraction of sp³-hybridized carbons (Fsp3) is 0.341. The lowest BCUT2D eigenvalue weighted by Crippen LogP contribution is -2.54. The van der Waals surface area contributed by atoms with Crippen molar-refractivity contribution in [3.8, 4) is 0 Å². The maximum Gasteiger partial charge on any atom is 0.501 e. The Morgan fingerprint density at radius 3 is 2.12 bits per heavy atom. The number of carbonyl (C=O) groups excluding carboxylic acids is 5. The van der Waals surface area contributed by atoms with Crippen molar-refractivity contribution >= 4 is 72.5 Å². The number of fused-ring (bicyclic) bond motifs is 1. The third-order valence-electron chi connectivity index (χ3n) is 11.4. The van der Waals surface area contributed by atoms with Gasteiger partial charge in [-0.3, -0.25) is 34.2 Å². The van der Waals surface area contributed by atoms with E-state index in [1.165, 1.54) is 36.0 Å². The lowest BCUT2D eigenvalue weighted by Gasteiger charge is -2.35. The Labute approximate surface area is 383 Å². The highest BCUT2D eigenvalue weighted by atomic mass is 32.2. The maximum absolute atomic E-state index is 14.1. The molecule has 3 heterocycles. The topological polar surface area (TPSA) is 211 Å². The number of sulfonamides is 1. The number of benzene rings is 4. The molecule has 2 saturated heterocycles. The molecule has 0 saturated carbocycles. The zero-order chi connectivity index (χ0) is 47.2. The number of sulfone groups is 1. The van der Waals surface area contributed by atoms with Crippen molar-refractivity contribution in [2.45, 2.75) is 58.0 Å². The van der Waals surface area contributed by atoms with Gasteiger partial charge in [0, 0.05) is 73.6 Å². The van der Waals surface area contributed by atoms with Gasteiger partial charge in [-0.25, -0.2) is 21.6 Å². The van der Waals surface area contributed by atoms with E-state index in [2.05, 4.69) is 25.8 Å². The molecule has 1 unspecified atom stereocenters. The van der Waals surface area contributed by atoms with E-state index >= 15 is 0 Å². The summed E-state index contributed by atoms with van der Waals surface area (Å²) in [6.07, 6.45) is 1.24. The highest BCUT2D eigenvalue weighted by Gasteiger charge is 2.49. The number of thioether (sulfide) groups is 1. The summed E-state index contributed by atoms with van der Waals surface area (Å²) < 4.78 is 96.6. The van der Waals surface area contributed by atoms with Crippen molar-refractivity contribution in [2.75, 3.05) is 62.2 Å². The second-order valence-electron chi connectivity index (χ2n) is 15.8. The van der Waals surface area contributed by atoms with Crippen molar-refractivity contribution in [2.24, 2.45) is 0 Å². The molecule has 0 radical (unpaired) electrons. The third kappa shape index (κ3) is 11.2. The van der Waals surface area contributed by atoms with Crippen molar-refractivity contribution in [1.82, 2.24) is 24.7 Å². The zero-order valence-electron chi connectivity index (χ0n) is 35.3. The van der Waals surface area contributed by atoms with E-state index in [4.69, 9.17) is 0 Å². The van der Waals surface area contributed by atoms with Crippen LogP contribution in [0.2, 0.25) is 0 Å². The largest absolute Gasteiger partial charge is 0.501 e. The van der Waals surface area contributed by atoms with E-state index in [1.54, 1.807) is 29.0 Å². The van der Waals surface area contributed by atoms with Crippen LogP contribution in [0.25, 0.3) is 0 Å². The maximum atomic E-state index is 14.1.